The number of ether oxygens (including phenoxy) is 1. The van der Waals surface area contributed by atoms with Gasteiger partial charge in [-0.3, -0.25) is 0 Å². The average Bonchev–Trinajstić information content (AvgIpc) is 2.40. The van der Waals surface area contributed by atoms with Crippen molar-refractivity contribution in [2.24, 2.45) is 0 Å². The highest BCUT2D eigenvalue weighted by Crippen LogP contribution is 2.54. The van der Waals surface area contributed by atoms with Crippen molar-refractivity contribution in [3.63, 3.8) is 0 Å². The molecule has 0 aromatic carbocycles. The molecule has 0 amide bonds. The Hall–Kier alpha value is -1.07. The molecule has 0 bridgehead atoms. The SMILES string of the molecule is C=C(C)C(=O)OCCSCCC(F)(F)C(F)(F)C(F)(F)C(F)(F)F. The normalized spacial score (nSPS) is 13.8. The Morgan fingerprint density at radius 2 is 1.46 bits per heavy atom. The molecule has 0 unspecified atom stereocenters. The Morgan fingerprint density at radius 1 is 0.958 bits per heavy atom. The van der Waals surface area contributed by atoms with Crippen molar-refractivity contribution in [1.29, 1.82) is 0 Å². The first-order chi connectivity index (χ1) is 10.6. The van der Waals surface area contributed by atoms with Crippen LogP contribution in [0.25, 0.3) is 0 Å². The Labute approximate surface area is 135 Å². The van der Waals surface area contributed by atoms with Gasteiger partial charge in [0.25, 0.3) is 0 Å². The van der Waals surface area contributed by atoms with Gasteiger partial charge in [-0.1, -0.05) is 6.58 Å². The van der Waals surface area contributed by atoms with Crippen molar-refractivity contribution >= 4 is 17.7 Å². The summed E-state index contributed by atoms with van der Waals surface area (Å²) in [7, 11) is 0. The summed E-state index contributed by atoms with van der Waals surface area (Å²) in [6.07, 6.45) is -8.73. The van der Waals surface area contributed by atoms with Gasteiger partial charge in [-0.15, -0.1) is 0 Å². The summed E-state index contributed by atoms with van der Waals surface area (Å²) in [5, 5.41) is 0. The van der Waals surface area contributed by atoms with Crippen LogP contribution in [0, 0.1) is 0 Å². The monoisotopic (exact) mass is 392 g/mol. The van der Waals surface area contributed by atoms with Gasteiger partial charge in [-0.25, -0.2) is 4.79 Å². The van der Waals surface area contributed by atoms with Crippen LogP contribution in [0.1, 0.15) is 13.3 Å². The number of alkyl halides is 9. The maximum absolute atomic E-state index is 13.1. The van der Waals surface area contributed by atoms with E-state index in [0.717, 1.165) is 0 Å². The standard InChI is InChI=1S/C12H13F9O2S/c1-7(2)8(22)23-4-6-24-5-3-9(13,14)10(15,16)11(17,18)12(19,20)21/h1,3-6H2,2H3. The molecule has 0 spiro atoms. The van der Waals surface area contributed by atoms with E-state index in [1.807, 2.05) is 0 Å². The van der Waals surface area contributed by atoms with E-state index in [1.54, 1.807) is 0 Å². The molecule has 24 heavy (non-hydrogen) atoms. The number of hydrogen-bond acceptors (Lipinski definition) is 3. The molecule has 0 aromatic heterocycles. The molecule has 0 aliphatic heterocycles. The fourth-order valence-electron chi connectivity index (χ4n) is 1.18. The van der Waals surface area contributed by atoms with Crippen LogP contribution in [0.5, 0.6) is 0 Å². The lowest BCUT2D eigenvalue weighted by Gasteiger charge is -2.33. The summed E-state index contributed by atoms with van der Waals surface area (Å²) < 4.78 is 117. The largest absolute Gasteiger partial charge is 0.461 e. The van der Waals surface area contributed by atoms with Gasteiger partial charge >= 0.3 is 29.9 Å². The summed E-state index contributed by atoms with van der Waals surface area (Å²) >= 11 is 0.522. The van der Waals surface area contributed by atoms with E-state index in [-0.39, 0.29) is 17.9 Å². The van der Waals surface area contributed by atoms with Crippen LogP contribution in [-0.4, -0.2) is 48.0 Å². The molecule has 0 atom stereocenters. The fourth-order valence-corrected chi connectivity index (χ4v) is 1.99. The first-order valence-corrected chi connectivity index (χ1v) is 7.34. The van der Waals surface area contributed by atoms with Crippen molar-refractivity contribution in [1.82, 2.24) is 0 Å². The molecule has 142 valence electrons. The minimum Gasteiger partial charge on any atom is -0.461 e. The second-order valence-electron chi connectivity index (χ2n) is 4.63. The zero-order valence-electron chi connectivity index (χ0n) is 12.2. The third-order valence-electron chi connectivity index (χ3n) is 2.58. The van der Waals surface area contributed by atoms with E-state index in [2.05, 4.69) is 11.3 Å². The molecular weight excluding hydrogens is 379 g/mol. The maximum atomic E-state index is 13.1. The molecule has 0 saturated carbocycles. The van der Waals surface area contributed by atoms with E-state index in [0.29, 0.717) is 11.8 Å². The fraction of sp³-hybridized carbons (Fsp3) is 0.750. The number of hydrogen-bond donors (Lipinski definition) is 0. The third kappa shape index (κ3) is 5.21. The lowest BCUT2D eigenvalue weighted by molar-refractivity contribution is -0.396. The van der Waals surface area contributed by atoms with Crippen LogP contribution in [0.15, 0.2) is 12.2 Å². The number of thioether (sulfide) groups is 1. The number of halogens is 9. The molecule has 2 nitrogen and oxygen atoms in total. The Bertz CT molecular complexity index is 460. The van der Waals surface area contributed by atoms with Crippen LogP contribution in [0.2, 0.25) is 0 Å². The number of carbonyl (C=O) groups excluding carboxylic acids is 1. The lowest BCUT2D eigenvalue weighted by Crippen LogP contribution is -2.60. The molecule has 0 aliphatic rings. The summed E-state index contributed by atoms with van der Waals surface area (Å²) in [6, 6.07) is 0. The van der Waals surface area contributed by atoms with Crippen LogP contribution in [0.4, 0.5) is 39.5 Å². The lowest BCUT2D eigenvalue weighted by atomic mass is 10.0. The minimum atomic E-state index is -6.87. The first-order valence-electron chi connectivity index (χ1n) is 6.18. The van der Waals surface area contributed by atoms with Crippen LogP contribution in [0.3, 0.4) is 0 Å². The number of rotatable bonds is 9. The quantitative estimate of drug-likeness (QED) is 0.246. The Balaban J connectivity index is 4.54. The minimum absolute atomic E-state index is 0.0561. The topological polar surface area (TPSA) is 26.3 Å². The first kappa shape index (κ1) is 22.9. The zero-order valence-corrected chi connectivity index (χ0v) is 13.0. The molecule has 0 fully saturated rings. The van der Waals surface area contributed by atoms with Crippen molar-refractivity contribution < 1.29 is 49.0 Å². The third-order valence-corrected chi connectivity index (χ3v) is 3.53. The van der Waals surface area contributed by atoms with E-state index in [9.17, 15) is 44.3 Å². The molecule has 12 heteroatoms. The van der Waals surface area contributed by atoms with Gasteiger partial charge in [0.05, 0.1) is 0 Å². The van der Waals surface area contributed by atoms with Gasteiger partial charge in [-0.05, 0) is 12.7 Å². The molecule has 0 aliphatic carbocycles. The highest BCUT2D eigenvalue weighted by Gasteiger charge is 2.81. The Kier molecular flexibility index (Phi) is 7.52. The Morgan fingerprint density at radius 3 is 1.88 bits per heavy atom. The predicted octanol–water partition coefficient (Wildman–Crippen LogP) is 4.70. The van der Waals surface area contributed by atoms with E-state index >= 15 is 0 Å². The zero-order chi connectivity index (χ0) is 19.4. The van der Waals surface area contributed by atoms with Gasteiger partial charge < -0.3 is 4.74 Å². The second-order valence-corrected chi connectivity index (χ2v) is 5.85. The predicted molar refractivity (Wildman–Crippen MR) is 68.6 cm³/mol. The highest BCUT2D eigenvalue weighted by atomic mass is 32.2. The van der Waals surface area contributed by atoms with E-state index in [4.69, 9.17) is 0 Å². The summed E-state index contributed by atoms with van der Waals surface area (Å²) in [6.45, 7) is 4.28. The van der Waals surface area contributed by atoms with E-state index in [1.165, 1.54) is 6.92 Å². The molecule has 0 saturated heterocycles. The number of esters is 1. The van der Waals surface area contributed by atoms with Crippen molar-refractivity contribution in [2.45, 2.75) is 37.3 Å². The molecule has 0 N–H and O–H groups in total. The molecule has 0 aromatic rings. The van der Waals surface area contributed by atoms with Gasteiger partial charge in [0, 0.05) is 17.7 Å². The molecular formula is C12H13F9O2S. The van der Waals surface area contributed by atoms with Gasteiger partial charge in [0.1, 0.15) is 6.61 Å². The van der Waals surface area contributed by atoms with Crippen molar-refractivity contribution in [3.8, 4) is 0 Å². The second kappa shape index (κ2) is 7.87. The summed E-state index contributed by atoms with van der Waals surface area (Å²) in [5.41, 5.74) is 0.0561. The van der Waals surface area contributed by atoms with E-state index < -0.39 is 42.1 Å². The van der Waals surface area contributed by atoms with Gasteiger partial charge in [0.15, 0.2) is 0 Å². The smallest absolute Gasteiger partial charge is 0.460 e. The molecule has 0 rings (SSSR count). The summed E-state index contributed by atoms with van der Waals surface area (Å²) in [4.78, 5) is 10.9. The van der Waals surface area contributed by atoms with Crippen LogP contribution >= 0.6 is 11.8 Å². The summed E-state index contributed by atoms with van der Waals surface area (Å²) in [5.74, 6) is -20.8. The van der Waals surface area contributed by atoms with Crippen LogP contribution < -0.4 is 0 Å². The highest BCUT2D eigenvalue weighted by molar-refractivity contribution is 7.99. The van der Waals surface area contributed by atoms with Crippen LogP contribution in [-0.2, 0) is 9.53 Å². The van der Waals surface area contributed by atoms with Gasteiger partial charge in [0.2, 0.25) is 0 Å². The van der Waals surface area contributed by atoms with Gasteiger partial charge in [-0.2, -0.15) is 51.3 Å². The maximum Gasteiger partial charge on any atom is 0.460 e. The van der Waals surface area contributed by atoms with Crippen molar-refractivity contribution in [2.75, 3.05) is 18.1 Å². The molecule has 0 heterocycles. The molecule has 0 radical (unpaired) electrons. The average molecular weight is 392 g/mol. The van der Waals surface area contributed by atoms with Crippen molar-refractivity contribution in [3.05, 3.63) is 12.2 Å². The number of carbonyl (C=O) groups is 1.